The molecule has 0 atom stereocenters. The van der Waals surface area contributed by atoms with Crippen molar-refractivity contribution in [2.75, 3.05) is 5.32 Å². The molecule has 7 heteroatoms. The zero-order valence-electron chi connectivity index (χ0n) is 11.0. The summed E-state index contributed by atoms with van der Waals surface area (Å²) >= 11 is 0. The van der Waals surface area contributed by atoms with Crippen molar-refractivity contribution in [1.29, 1.82) is 0 Å². The van der Waals surface area contributed by atoms with E-state index >= 15 is 0 Å². The van der Waals surface area contributed by atoms with E-state index < -0.39 is 22.4 Å². The van der Waals surface area contributed by atoms with E-state index in [9.17, 15) is 23.3 Å². The smallest absolute Gasteiger partial charge is 0.272 e. The van der Waals surface area contributed by atoms with E-state index in [0.717, 1.165) is 12.1 Å². The Kier molecular flexibility index (Phi) is 4.11. The third kappa shape index (κ3) is 3.13. The number of nitro groups is 1. The lowest BCUT2D eigenvalue weighted by Gasteiger charge is -2.10. The summed E-state index contributed by atoms with van der Waals surface area (Å²) in [5.41, 5.74) is 1.08. The lowest BCUT2D eigenvalue weighted by Crippen LogP contribution is -2.04. The highest BCUT2D eigenvalue weighted by Crippen LogP contribution is 2.23. The first kappa shape index (κ1) is 14.8. The first-order valence-corrected chi connectivity index (χ1v) is 6.01. The van der Waals surface area contributed by atoms with Gasteiger partial charge in [0.15, 0.2) is 17.5 Å². The predicted octanol–water partition coefficient (Wildman–Crippen LogP) is 3.93. The summed E-state index contributed by atoms with van der Waals surface area (Å²) in [6.45, 7) is 1.71. The molecule has 0 heterocycles. The van der Waals surface area contributed by atoms with Crippen LogP contribution in [0.4, 0.5) is 24.5 Å². The summed E-state index contributed by atoms with van der Waals surface area (Å²) in [7, 11) is 0. The second kappa shape index (κ2) is 5.82. The number of rotatable bonds is 4. The average Bonchev–Trinajstić information content (AvgIpc) is 2.43. The van der Waals surface area contributed by atoms with E-state index in [-0.39, 0.29) is 17.9 Å². The first-order chi connectivity index (χ1) is 9.90. The fraction of sp³-hybridized carbons (Fsp3) is 0.143. The highest BCUT2D eigenvalue weighted by molar-refractivity contribution is 5.48. The molecule has 0 amide bonds. The van der Waals surface area contributed by atoms with E-state index in [4.69, 9.17) is 0 Å². The number of hydrogen-bond acceptors (Lipinski definition) is 3. The molecular weight excluding hydrogens is 285 g/mol. The van der Waals surface area contributed by atoms with E-state index in [1.165, 1.54) is 12.1 Å². The van der Waals surface area contributed by atoms with E-state index in [1.54, 1.807) is 13.0 Å². The zero-order chi connectivity index (χ0) is 15.6. The van der Waals surface area contributed by atoms with Gasteiger partial charge in [0.1, 0.15) is 0 Å². The van der Waals surface area contributed by atoms with Crippen molar-refractivity contribution < 1.29 is 18.1 Å². The number of nitro benzene ring substituents is 1. The molecule has 0 aromatic heterocycles. The summed E-state index contributed by atoms with van der Waals surface area (Å²) in [5.74, 6) is -4.13. The Balaban J connectivity index is 2.21. The maximum absolute atomic E-state index is 13.1. The molecule has 0 radical (unpaired) electrons. The van der Waals surface area contributed by atoms with Gasteiger partial charge in [0, 0.05) is 36.0 Å². The Bertz CT molecular complexity index is 682. The third-order valence-electron chi connectivity index (χ3n) is 3.08. The summed E-state index contributed by atoms with van der Waals surface area (Å²) in [6.07, 6.45) is 0. The van der Waals surface area contributed by atoms with Crippen LogP contribution < -0.4 is 5.32 Å². The summed E-state index contributed by atoms with van der Waals surface area (Å²) in [4.78, 5) is 10.3. The van der Waals surface area contributed by atoms with Crippen molar-refractivity contribution in [3.63, 3.8) is 0 Å². The van der Waals surface area contributed by atoms with Crippen molar-refractivity contribution >= 4 is 11.4 Å². The normalized spacial score (nSPS) is 10.5. The van der Waals surface area contributed by atoms with Gasteiger partial charge >= 0.3 is 0 Å². The molecule has 0 saturated carbocycles. The van der Waals surface area contributed by atoms with E-state index in [2.05, 4.69) is 5.32 Å². The van der Waals surface area contributed by atoms with Gasteiger partial charge in [0.05, 0.1) is 4.92 Å². The van der Waals surface area contributed by atoms with Gasteiger partial charge in [-0.05, 0) is 12.5 Å². The Hall–Kier alpha value is -2.57. The van der Waals surface area contributed by atoms with Crippen LogP contribution in [0.25, 0.3) is 0 Å². The predicted molar refractivity (Wildman–Crippen MR) is 71.5 cm³/mol. The van der Waals surface area contributed by atoms with Crippen molar-refractivity contribution in [1.82, 2.24) is 0 Å². The van der Waals surface area contributed by atoms with Gasteiger partial charge in [-0.1, -0.05) is 12.1 Å². The Labute approximate surface area is 118 Å². The first-order valence-electron chi connectivity index (χ1n) is 6.01. The second-order valence-electron chi connectivity index (χ2n) is 4.43. The molecule has 2 aromatic carbocycles. The number of nitrogens with one attached hydrogen (secondary N) is 1. The van der Waals surface area contributed by atoms with Crippen LogP contribution in [0, 0.1) is 34.5 Å². The minimum absolute atomic E-state index is 0.0363. The topological polar surface area (TPSA) is 55.2 Å². The fourth-order valence-electron chi connectivity index (χ4n) is 1.91. The van der Waals surface area contributed by atoms with Gasteiger partial charge in [-0.2, -0.15) is 0 Å². The molecule has 0 fully saturated rings. The summed E-state index contributed by atoms with van der Waals surface area (Å²) in [6, 6.07) is 6.20. The van der Waals surface area contributed by atoms with Gasteiger partial charge < -0.3 is 5.32 Å². The molecule has 0 aliphatic heterocycles. The van der Waals surface area contributed by atoms with Gasteiger partial charge in [-0.25, -0.2) is 13.2 Å². The molecule has 4 nitrogen and oxygen atoms in total. The SMILES string of the molecule is Cc1c(CNc2cc(F)c(F)c(F)c2)cccc1[N+](=O)[O-]. The second-order valence-corrected chi connectivity index (χ2v) is 4.43. The molecule has 110 valence electrons. The quantitative estimate of drug-likeness (QED) is 0.528. The monoisotopic (exact) mass is 296 g/mol. The van der Waals surface area contributed by atoms with Gasteiger partial charge in [0.2, 0.25) is 0 Å². The van der Waals surface area contributed by atoms with Crippen molar-refractivity contribution in [2.24, 2.45) is 0 Å². The van der Waals surface area contributed by atoms with Gasteiger partial charge in [-0.15, -0.1) is 0 Å². The molecule has 0 aliphatic carbocycles. The van der Waals surface area contributed by atoms with Crippen molar-refractivity contribution in [2.45, 2.75) is 13.5 Å². The number of nitrogens with zero attached hydrogens (tertiary/aromatic N) is 1. The molecule has 1 N–H and O–H groups in total. The van der Waals surface area contributed by atoms with Crippen LogP contribution in [-0.2, 0) is 6.54 Å². The lowest BCUT2D eigenvalue weighted by molar-refractivity contribution is -0.385. The van der Waals surface area contributed by atoms with Crippen molar-refractivity contribution in [3.05, 3.63) is 69.0 Å². The molecule has 21 heavy (non-hydrogen) atoms. The molecule has 0 unspecified atom stereocenters. The summed E-state index contributed by atoms with van der Waals surface area (Å²) in [5, 5.41) is 13.5. The molecular formula is C14H11F3N2O2. The molecule has 0 saturated heterocycles. The molecule has 2 rings (SSSR count). The number of benzene rings is 2. The minimum Gasteiger partial charge on any atom is -0.381 e. The highest BCUT2D eigenvalue weighted by atomic mass is 19.2. The van der Waals surface area contributed by atoms with E-state index in [1.807, 2.05) is 0 Å². The van der Waals surface area contributed by atoms with Gasteiger partial charge in [0.25, 0.3) is 5.69 Å². The van der Waals surface area contributed by atoms with Crippen LogP contribution in [0.3, 0.4) is 0 Å². The minimum atomic E-state index is -1.54. The maximum atomic E-state index is 13.1. The largest absolute Gasteiger partial charge is 0.381 e. The molecule has 0 aliphatic rings. The Morgan fingerprint density at radius 2 is 1.81 bits per heavy atom. The van der Waals surface area contributed by atoms with Crippen LogP contribution in [0.1, 0.15) is 11.1 Å². The zero-order valence-corrected chi connectivity index (χ0v) is 11.0. The number of hydrogen-bond donors (Lipinski definition) is 1. The van der Waals surface area contributed by atoms with Crippen LogP contribution in [0.2, 0.25) is 0 Å². The fourth-order valence-corrected chi connectivity index (χ4v) is 1.91. The summed E-state index contributed by atoms with van der Waals surface area (Å²) < 4.78 is 39.0. The van der Waals surface area contributed by atoms with Crippen molar-refractivity contribution in [3.8, 4) is 0 Å². The van der Waals surface area contributed by atoms with Crippen LogP contribution >= 0.6 is 0 Å². The Morgan fingerprint density at radius 3 is 2.38 bits per heavy atom. The highest BCUT2D eigenvalue weighted by Gasteiger charge is 2.14. The molecule has 2 aromatic rings. The standard InChI is InChI=1S/C14H11F3N2O2/c1-8-9(3-2-4-13(8)19(20)21)7-18-10-5-11(15)14(17)12(16)6-10/h2-6,18H,7H2,1H3. The molecule has 0 bridgehead atoms. The number of anilines is 1. The van der Waals surface area contributed by atoms with Gasteiger partial charge in [-0.3, -0.25) is 10.1 Å². The maximum Gasteiger partial charge on any atom is 0.272 e. The van der Waals surface area contributed by atoms with Crippen LogP contribution in [0.5, 0.6) is 0 Å². The average molecular weight is 296 g/mol. The third-order valence-corrected chi connectivity index (χ3v) is 3.08. The van der Waals surface area contributed by atoms with Crippen LogP contribution in [0.15, 0.2) is 30.3 Å². The molecule has 0 spiro atoms. The Morgan fingerprint density at radius 1 is 1.19 bits per heavy atom. The lowest BCUT2D eigenvalue weighted by atomic mass is 10.1. The van der Waals surface area contributed by atoms with Crippen LogP contribution in [-0.4, -0.2) is 4.92 Å². The van der Waals surface area contributed by atoms with E-state index in [0.29, 0.717) is 11.1 Å². The number of halogens is 3.